The molecule has 1 aromatic rings. The molecule has 0 saturated heterocycles. The molecule has 0 amide bonds. The minimum Gasteiger partial charge on any atom is -0.381 e. The molecule has 0 heterocycles. The van der Waals surface area contributed by atoms with E-state index in [1.165, 1.54) is 31.7 Å². The van der Waals surface area contributed by atoms with E-state index >= 15 is 0 Å². The van der Waals surface area contributed by atoms with Crippen LogP contribution in [0.1, 0.15) is 32.6 Å². The lowest BCUT2D eigenvalue weighted by Gasteiger charge is -2.30. The average molecular weight is 286 g/mol. The van der Waals surface area contributed by atoms with Crippen LogP contribution in [0, 0.1) is 11.7 Å². The molecule has 0 radical (unpaired) electrons. The van der Waals surface area contributed by atoms with Crippen LogP contribution in [0.2, 0.25) is 0 Å². The van der Waals surface area contributed by atoms with Gasteiger partial charge in [-0.25, -0.2) is 4.39 Å². The Balaban J connectivity index is 2.10. The van der Waals surface area contributed by atoms with Crippen LogP contribution in [0.4, 0.5) is 10.1 Å². The highest BCUT2D eigenvalue weighted by atomic mass is 79.9. The van der Waals surface area contributed by atoms with Crippen LogP contribution in [-0.4, -0.2) is 6.04 Å². The smallest absolute Gasteiger partial charge is 0.125 e. The summed E-state index contributed by atoms with van der Waals surface area (Å²) in [5, 5.41) is 3.45. The Bertz CT molecular complexity index is 367. The number of anilines is 1. The van der Waals surface area contributed by atoms with Crippen LogP contribution in [0.15, 0.2) is 22.7 Å². The molecule has 1 aliphatic carbocycles. The van der Waals surface area contributed by atoms with Crippen LogP contribution in [0.3, 0.4) is 0 Å². The lowest BCUT2D eigenvalue weighted by Crippen LogP contribution is -2.30. The molecule has 2 rings (SSSR count). The molecule has 16 heavy (non-hydrogen) atoms. The number of rotatable bonds is 2. The summed E-state index contributed by atoms with van der Waals surface area (Å²) in [6.45, 7) is 2.27. The van der Waals surface area contributed by atoms with E-state index in [1.54, 1.807) is 12.1 Å². The minimum absolute atomic E-state index is 0.186. The van der Waals surface area contributed by atoms with Gasteiger partial charge in [0.15, 0.2) is 0 Å². The van der Waals surface area contributed by atoms with Gasteiger partial charge in [-0.15, -0.1) is 0 Å². The van der Waals surface area contributed by atoms with Crippen molar-refractivity contribution in [3.05, 3.63) is 28.5 Å². The Morgan fingerprint density at radius 3 is 2.81 bits per heavy atom. The van der Waals surface area contributed by atoms with Gasteiger partial charge >= 0.3 is 0 Å². The maximum atomic E-state index is 13.1. The largest absolute Gasteiger partial charge is 0.381 e. The first-order valence-corrected chi connectivity index (χ1v) is 6.67. The van der Waals surface area contributed by atoms with E-state index in [-0.39, 0.29) is 5.82 Å². The SMILES string of the molecule is CC1CCCCC1Nc1cc(F)ccc1Br. The molecule has 1 saturated carbocycles. The van der Waals surface area contributed by atoms with Gasteiger partial charge in [0.25, 0.3) is 0 Å². The molecule has 88 valence electrons. The topological polar surface area (TPSA) is 12.0 Å². The highest BCUT2D eigenvalue weighted by Gasteiger charge is 2.21. The van der Waals surface area contributed by atoms with Crippen molar-refractivity contribution in [3.63, 3.8) is 0 Å². The second kappa shape index (κ2) is 5.17. The third-order valence-electron chi connectivity index (χ3n) is 3.38. The quantitative estimate of drug-likeness (QED) is 0.839. The van der Waals surface area contributed by atoms with Crippen molar-refractivity contribution in [1.29, 1.82) is 0 Å². The van der Waals surface area contributed by atoms with Gasteiger partial charge in [0.2, 0.25) is 0 Å². The lowest BCUT2D eigenvalue weighted by molar-refractivity contribution is 0.349. The van der Waals surface area contributed by atoms with Gasteiger partial charge in [0.1, 0.15) is 5.82 Å². The molecular weight excluding hydrogens is 269 g/mol. The molecule has 0 bridgehead atoms. The van der Waals surface area contributed by atoms with Crippen LogP contribution in [0.25, 0.3) is 0 Å². The van der Waals surface area contributed by atoms with Crippen LogP contribution < -0.4 is 5.32 Å². The molecule has 1 aliphatic rings. The third-order valence-corrected chi connectivity index (χ3v) is 4.07. The van der Waals surface area contributed by atoms with Crippen molar-refractivity contribution >= 4 is 21.6 Å². The molecule has 1 N–H and O–H groups in total. The van der Waals surface area contributed by atoms with E-state index in [0.29, 0.717) is 12.0 Å². The van der Waals surface area contributed by atoms with Crippen molar-refractivity contribution in [2.75, 3.05) is 5.32 Å². The summed E-state index contributed by atoms with van der Waals surface area (Å²) in [6.07, 6.45) is 5.05. The van der Waals surface area contributed by atoms with E-state index in [4.69, 9.17) is 0 Å². The molecule has 0 aromatic heterocycles. The van der Waals surface area contributed by atoms with Crippen molar-refractivity contribution in [1.82, 2.24) is 0 Å². The van der Waals surface area contributed by atoms with Gasteiger partial charge in [-0.1, -0.05) is 19.8 Å². The fourth-order valence-electron chi connectivity index (χ4n) is 2.34. The van der Waals surface area contributed by atoms with Gasteiger partial charge < -0.3 is 5.32 Å². The Hall–Kier alpha value is -0.570. The number of nitrogens with one attached hydrogen (secondary N) is 1. The summed E-state index contributed by atoms with van der Waals surface area (Å²) < 4.78 is 14.1. The van der Waals surface area contributed by atoms with Gasteiger partial charge in [0.05, 0.1) is 5.69 Å². The Labute approximate surface area is 105 Å². The van der Waals surface area contributed by atoms with Crippen LogP contribution >= 0.6 is 15.9 Å². The molecule has 3 heteroatoms. The van der Waals surface area contributed by atoms with Gasteiger partial charge in [-0.2, -0.15) is 0 Å². The fourth-order valence-corrected chi connectivity index (χ4v) is 2.70. The summed E-state index contributed by atoms with van der Waals surface area (Å²) in [6, 6.07) is 5.27. The maximum absolute atomic E-state index is 13.1. The van der Waals surface area contributed by atoms with E-state index in [1.807, 2.05) is 0 Å². The molecule has 1 fully saturated rings. The second-order valence-electron chi connectivity index (χ2n) is 4.64. The lowest BCUT2D eigenvalue weighted by atomic mass is 9.86. The van der Waals surface area contributed by atoms with E-state index in [2.05, 4.69) is 28.2 Å². The predicted molar refractivity (Wildman–Crippen MR) is 69.1 cm³/mol. The summed E-state index contributed by atoms with van der Waals surface area (Å²) in [7, 11) is 0. The fraction of sp³-hybridized carbons (Fsp3) is 0.538. The van der Waals surface area contributed by atoms with Gasteiger partial charge in [-0.05, 0) is 52.9 Å². The highest BCUT2D eigenvalue weighted by Crippen LogP contribution is 2.30. The first kappa shape index (κ1) is 11.9. The second-order valence-corrected chi connectivity index (χ2v) is 5.49. The summed E-state index contributed by atoms with van der Waals surface area (Å²) in [5.41, 5.74) is 0.874. The number of halogens is 2. The van der Waals surface area contributed by atoms with Crippen molar-refractivity contribution in [3.8, 4) is 0 Å². The molecule has 2 atom stereocenters. The molecular formula is C13H17BrFN. The highest BCUT2D eigenvalue weighted by molar-refractivity contribution is 9.10. The van der Waals surface area contributed by atoms with Crippen LogP contribution in [0.5, 0.6) is 0 Å². The molecule has 0 spiro atoms. The predicted octanol–water partition coefficient (Wildman–Crippen LogP) is 4.58. The van der Waals surface area contributed by atoms with Crippen LogP contribution in [-0.2, 0) is 0 Å². The number of hydrogen-bond donors (Lipinski definition) is 1. The monoisotopic (exact) mass is 285 g/mol. The Morgan fingerprint density at radius 1 is 1.31 bits per heavy atom. The van der Waals surface area contributed by atoms with E-state index in [0.717, 1.165) is 10.2 Å². The van der Waals surface area contributed by atoms with E-state index < -0.39 is 0 Å². The van der Waals surface area contributed by atoms with Gasteiger partial charge in [0, 0.05) is 10.5 Å². The van der Waals surface area contributed by atoms with Crippen molar-refractivity contribution < 1.29 is 4.39 Å². The van der Waals surface area contributed by atoms with Gasteiger partial charge in [-0.3, -0.25) is 0 Å². The first-order valence-electron chi connectivity index (χ1n) is 5.88. The standard InChI is InChI=1S/C13H17BrFN/c1-9-4-2-3-5-12(9)16-13-8-10(15)6-7-11(13)14/h6-9,12,16H,2-5H2,1H3. The zero-order valence-corrected chi connectivity index (χ0v) is 11.1. The third kappa shape index (κ3) is 2.76. The summed E-state index contributed by atoms with van der Waals surface area (Å²) >= 11 is 3.45. The summed E-state index contributed by atoms with van der Waals surface area (Å²) in [4.78, 5) is 0. The first-order chi connectivity index (χ1) is 7.66. The Kier molecular flexibility index (Phi) is 3.85. The normalized spacial score (nSPS) is 25.4. The molecule has 2 unspecified atom stereocenters. The number of benzene rings is 1. The molecule has 1 aromatic carbocycles. The average Bonchev–Trinajstić information content (AvgIpc) is 2.27. The number of hydrogen-bond acceptors (Lipinski definition) is 1. The van der Waals surface area contributed by atoms with Crippen molar-refractivity contribution in [2.24, 2.45) is 5.92 Å². The van der Waals surface area contributed by atoms with Crippen molar-refractivity contribution in [2.45, 2.75) is 38.6 Å². The molecule has 0 aliphatic heterocycles. The molecule has 1 nitrogen and oxygen atoms in total. The minimum atomic E-state index is -0.186. The van der Waals surface area contributed by atoms with E-state index in [9.17, 15) is 4.39 Å². The Morgan fingerprint density at radius 2 is 2.06 bits per heavy atom. The summed E-state index contributed by atoms with van der Waals surface area (Å²) in [5.74, 6) is 0.484. The maximum Gasteiger partial charge on any atom is 0.125 e. The zero-order chi connectivity index (χ0) is 11.5. The zero-order valence-electron chi connectivity index (χ0n) is 9.47.